The van der Waals surface area contributed by atoms with Crippen molar-refractivity contribution in [3.63, 3.8) is 0 Å². The predicted octanol–water partition coefficient (Wildman–Crippen LogP) is 5.07. The van der Waals surface area contributed by atoms with Gasteiger partial charge in [0.1, 0.15) is 0 Å². The molecule has 5 N–H and O–H groups in total. The summed E-state index contributed by atoms with van der Waals surface area (Å²) in [5.41, 5.74) is 2.78. The molecule has 206 valence electrons. The van der Waals surface area contributed by atoms with Crippen molar-refractivity contribution in [1.29, 1.82) is 0 Å². The van der Waals surface area contributed by atoms with E-state index in [1.807, 2.05) is 13.8 Å². The predicted molar refractivity (Wildman–Crippen MR) is 145 cm³/mol. The Labute approximate surface area is 219 Å². The average Bonchev–Trinajstić information content (AvgIpc) is 3.15. The molecule has 3 rings (SSSR count). The van der Waals surface area contributed by atoms with E-state index in [-0.39, 0.29) is 18.6 Å². The van der Waals surface area contributed by atoms with Gasteiger partial charge in [0.2, 0.25) is 0 Å². The van der Waals surface area contributed by atoms with Crippen molar-refractivity contribution in [3.8, 4) is 0 Å². The van der Waals surface area contributed by atoms with Crippen LogP contribution in [-0.4, -0.2) is 56.6 Å². The first-order valence-electron chi connectivity index (χ1n) is 14.4. The summed E-state index contributed by atoms with van der Waals surface area (Å²) in [4.78, 5) is 0. The molecule has 0 aromatic carbocycles. The summed E-state index contributed by atoms with van der Waals surface area (Å²) in [6.45, 7) is 8.78. The lowest BCUT2D eigenvalue weighted by molar-refractivity contribution is 0.0560. The third-order valence-corrected chi connectivity index (χ3v) is 9.68. The van der Waals surface area contributed by atoms with Crippen LogP contribution in [0.4, 0.5) is 0 Å². The highest BCUT2D eigenvalue weighted by atomic mass is 16.3. The van der Waals surface area contributed by atoms with E-state index in [1.54, 1.807) is 0 Å². The third-order valence-electron chi connectivity index (χ3n) is 9.68. The van der Waals surface area contributed by atoms with Crippen LogP contribution in [0.15, 0.2) is 34.9 Å². The normalized spacial score (nSPS) is 35.1. The van der Waals surface area contributed by atoms with Gasteiger partial charge in [-0.15, -0.1) is 0 Å². The lowest BCUT2D eigenvalue weighted by Crippen LogP contribution is -2.39. The molecule has 3 aliphatic rings. The van der Waals surface area contributed by atoms with Gasteiger partial charge < -0.3 is 25.5 Å². The summed E-state index contributed by atoms with van der Waals surface area (Å²) in [6, 6.07) is 0. The van der Waals surface area contributed by atoms with Crippen LogP contribution in [0.2, 0.25) is 0 Å². The maximum Gasteiger partial charge on any atom is 0.0813 e. The first-order valence-corrected chi connectivity index (χ1v) is 14.4. The van der Waals surface area contributed by atoms with E-state index in [9.17, 15) is 25.5 Å². The van der Waals surface area contributed by atoms with Gasteiger partial charge in [-0.3, -0.25) is 0 Å². The molecule has 0 amide bonds. The van der Waals surface area contributed by atoms with Crippen LogP contribution in [-0.2, 0) is 0 Å². The Balaban J connectivity index is 1.79. The fraction of sp³-hybridized carbons (Fsp3) is 0.806. The summed E-state index contributed by atoms with van der Waals surface area (Å²) in [5.74, 6) is 2.34. The Kier molecular flexibility index (Phi) is 10.4. The van der Waals surface area contributed by atoms with Crippen molar-refractivity contribution in [2.75, 3.05) is 13.2 Å². The van der Waals surface area contributed by atoms with Crippen molar-refractivity contribution >= 4 is 0 Å². The van der Waals surface area contributed by atoms with Gasteiger partial charge >= 0.3 is 0 Å². The van der Waals surface area contributed by atoms with Crippen LogP contribution in [0.3, 0.4) is 0 Å². The zero-order valence-corrected chi connectivity index (χ0v) is 23.1. The molecular weight excluding hydrogens is 452 g/mol. The SMILES string of the molecule is C[C@H](CCCC(C)(C)O)[C@H]1CC[C@H]2/C(=C/C=C3C[C@@H](O)C(=CCO)[C@H](O)C3)[C@H](CCCO)CC[C@]12C. The maximum absolute atomic E-state index is 10.5. The highest BCUT2D eigenvalue weighted by Gasteiger charge is 2.52. The molecule has 5 heteroatoms. The van der Waals surface area contributed by atoms with Crippen molar-refractivity contribution < 1.29 is 25.5 Å². The Morgan fingerprint density at radius 1 is 1.00 bits per heavy atom. The van der Waals surface area contributed by atoms with Crippen LogP contribution in [0.25, 0.3) is 0 Å². The highest BCUT2D eigenvalue weighted by molar-refractivity contribution is 5.31. The Morgan fingerprint density at radius 2 is 1.69 bits per heavy atom. The molecule has 0 aliphatic heterocycles. The summed E-state index contributed by atoms with van der Waals surface area (Å²) in [7, 11) is 0. The van der Waals surface area contributed by atoms with Gasteiger partial charge in [-0.25, -0.2) is 0 Å². The molecule has 3 fully saturated rings. The number of allylic oxidation sites excluding steroid dienone is 3. The second-order valence-electron chi connectivity index (χ2n) is 12.8. The molecule has 0 spiro atoms. The number of aliphatic hydroxyl groups is 5. The molecule has 0 bridgehead atoms. The third kappa shape index (κ3) is 7.11. The van der Waals surface area contributed by atoms with Gasteiger partial charge in [-0.05, 0) is 106 Å². The van der Waals surface area contributed by atoms with Crippen molar-refractivity contribution in [1.82, 2.24) is 0 Å². The smallest absolute Gasteiger partial charge is 0.0813 e. The Bertz CT molecular complexity index is 790. The summed E-state index contributed by atoms with van der Waals surface area (Å²) in [5, 5.41) is 49.9. The van der Waals surface area contributed by atoms with E-state index in [1.165, 1.54) is 30.9 Å². The van der Waals surface area contributed by atoms with Gasteiger partial charge in [0.25, 0.3) is 0 Å². The fourth-order valence-electron chi connectivity index (χ4n) is 7.77. The zero-order valence-electron chi connectivity index (χ0n) is 23.1. The molecule has 36 heavy (non-hydrogen) atoms. The monoisotopic (exact) mass is 504 g/mol. The van der Waals surface area contributed by atoms with Gasteiger partial charge in [0, 0.05) is 6.61 Å². The molecule has 5 nitrogen and oxygen atoms in total. The maximum atomic E-state index is 10.5. The van der Waals surface area contributed by atoms with Crippen LogP contribution < -0.4 is 0 Å². The first-order chi connectivity index (χ1) is 17.0. The van der Waals surface area contributed by atoms with Crippen LogP contribution in [0, 0.1) is 29.1 Å². The van der Waals surface area contributed by atoms with E-state index >= 15 is 0 Å². The first kappa shape index (κ1) is 29.6. The van der Waals surface area contributed by atoms with Crippen molar-refractivity contribution in [2.24, 2.45) is 29.1 Å². The van der Waals surface area contributed by atoms with Crippen LogP contribution in [0.5, 0.6) is 0 Å². The minimum absolute atomic E-state index is 0.170. The van der Waals surface area contributed by atoms with Crippen molar-refractivity contribution in [2.45, 2.75) is 116 Å². The molecule has 3 saturated carbocycles. The molecule has 0 unspecified atom stereocenters. The minimum Gasteiger partial charge on any atom is -0.396 e. The van der Waals surface area contributed by atoms with E-state index in [2.05, 4.69) is 26.0 Å². The second-order valence-corrected chi connectivity index (χ2v) is 12.8. The van der Waals surface area contributed by atoms with Gasteiger partial charge in [-0.1, -0.05) is 56.1 Å². The molecule has 0 aromatic rings. The second kappa shape index (κ2) is 12.7. The van der Waals surface area contributed by atoms with E-state index in [0.29, 0.717) is 42.1 Å². The standard InChI is InChI=1S/C31H52O5/c1-21(7-5-15-30(2,3)36)26-11-12-27-24(23(8-6-17-32)13-16-31(26,27)4)10-9-22-19-28(34)25(14-18-33)29(35)20-22/h9-10,14,21,23,26-29,32-36H,5-8,11-13,15-20H2,1-4H3/b22-9?,24-10+,25-14?/t21-,23-,26-,27+,28-,29-,31-/m1/s1. The van der Waals surface area contributed by atoms with E-state index < -0.39 is 17.8 Å². The molecule has 0 saturated heterocycles. The summed E-state index contributed by atoms with van der Waals surface area (Å²) >= 11 is 0. The molecule has 0 radical (unpaired) electrons. The quantitative estimate of drug-likeness (QED) is 0.268. The lowest BCUT2D eigenvalue weighted by Gasteiger charge is -2.47. The topological polar surface area (TPSA) is 101 Å². The zero-order chi connectivity index (χ0) is 26.5. The number of fused-ring (bicyclic) bond motifs is 1. The molecular formula is C31H52O5. The molecule has 7 atom stereocenters. The fourth-order valence-corrected chi connectivity index (χ4v) is 7.77. The molecule has 0 heterocycles. The largest absolute Gasteiger partial charge is 0.396 e. The molecule has 0 aromatic heterocycles. The number of hydrogen-bond donors (Lipinski definition) is 5. The summed E-state index contributed by atoms with van der Waals surface area (Å²) in [6.07, 6.45) is 15.2. The van der Waals surface area contributed by atoms with Crippen LogP contribution >= 0.6 is 0 Å². The Hall–Kier alpha value is -0.980. The average molecular weight is 505 g/mol. The summed E-state index contributed by atoms with van der Waals surface area (Å²) < 4.78 is 0. The Morgan fingerprint density at radius 3 is 2.31 bits per heavy atom. The number of aliphatic hydroxyl groups excluding tert-OH is 4. The molecule has 3 aliphatic carbocycles. The highest BCUT2D eigenvalue weighted by Crippen LogP contribution is 2.61. The van der Waals surface area contributed by atoms with Crippen LogP contribution in [0.1, 0.15) is 98.3 Å². The van der Waals surface area contributed by atoms with Gasteiger partial charge in [0.05, 0.1) is 24.4 Å². The van der Waals surface area contributed by atoms with Crippen molar-refractivity contribution in [3.05, 3.63) is 34.9 Å². The van der Waals surface area contributed by atoms with Gasteiger partial charge in [0.15, 0.2) is 0 Å². The number of hydrogen-bond acceptors (Lipinski definition) is 5. The van der Waals surface area contributed by atoms with E-state index in [4.69, 9.17) is 0 Å². The minimum atomic E-state index is -0.743. The van der Waals surface area contributed by atoms with E-state index in [0.717, 1.165) is 44.1 Å². The van der Waals surface area contributed by atoms with Gasteiger partial charge in [-0.2, -0.15) is 0 Å². The number of rotatable bonds is 10. The lowest BCUT2D eigenvalue weighted by atomic mass is 9.57.